The second kappa shape index (κ2) is 8.26. The molecule has 0 spiro atoms. The number of rotatable bonds is 5. The van der Waals surface area contributed by atoms with Gasteiger partial charge < -0.3 is 14.8 Å². The molecule has 2 N–H and O–H groups in total. The van der Waals surface area contributed by atoms with Gasteiger partial charge in [-0.2, -0.15) is 5.10 Å². The van der Waals surface area contributed by atoms with Crippen LogP contribution in [0.2, 0.25) is 0 Å². The molecule has 0 unspecified atom stereocenters. The standard InChI is InChI=1S/C17H18FN3O2S/c1-11(13-9-8-12(22-2)10-16(13)23-3)20-21-17(24)19-15-7-5-4-6-14(15)18/h4-10H,1-3H3,(H2,19,21,24)/b20-11-. The smallest absolute Gasteiger partial charge is 0.191 e. The molecule has 0 radical (unpaired) electrons. The summed E-state index contributed by atoms with van der Waals surface area (Å²) in [5.41, 5.74) is 4.42. The molecular weight excluding hydrogens is 329 g/mol. The van der Waals surface area contributed by atoms with E-state index in [2.05, 4.69) is 15.8 Å². The molecule has 24 heavy (non-hydrogen) atoms. The van der Waals surface area contributed by atoms with Gasteiger partial charge in [-0.05, 0) is 43.4 Å². The number of nitrogens with zero attached hydrogens (tertiary/aromatic N) is 1. The van der Waals surface area contributed by atoms with Gasteiger partial charge in [0, 0.05) is 11.6 Å². The summed E-state index contributed by atoms with van der Waals surface area (Å²) >= 11 is 5.12. The van der Waals surface area contributed by atoms with E-state index in [9.17, 15) is 4.39 Å². The van der Waals surface area contributed by atoms with Crippen molar-refractivity contribution in [3.63, 3.8) is 0 Å². The third-order valence-corrected chi connectivity index (χ3v) is 3.44. The van der Waals surface area contributed by atoms with E-state index >= 15 is 0 Å². The molecule has 0 bridgehead atoms. The average Bonchev–Trinajstić information content (AvgIpc) is 2.61. The van der Waals surface area contributed by atoms with Gasteiger partial charge in [-0.1, -0.05) is 12.1 Å². The second-order valence-electron chi connectivity index (χ2n) is 4.81. The normalized spacial score (nSPS) is 10.9. The molecule has 0 saturated heterocycles. The Bertz CT molecular complexity index is 765. The number of benzene rings is 2. The Morgan fingerprint density at radius 2 is 1.88 bits per heavy atom. The minimum absolute atomic E-state index is 0.187. The number of halogens is 1. The zero-order valence-corrected chi connectivity index (χ0v) is 14.4. The highest BCUT2D eigenvalue weighted by atomic mass is 32.1. The highest BCUT2D eigenvalue weighted by molar-refractivity contribution is 7.80. The zero-order chi connectivity index (χ0) is 17.5. The molecule has 0 heterocycles. The van der Waals surface area contributed by atoms with Gasteiger partial charge in [-0.25, -0.2) is 4.39 Å². The van der Waals surface area contributed by atoms with Gasteiger partial charge in [0.1, 0.15) is 17.3 Å². The van der Waals surface area contributed by atoms with Crippen LogP contribution in [0.4, 0.5) is 10.1 Å². The number of nitrogens with one attached hydrogen (secondary N) is 2. The van der Waals surface area contributed by atoms with Crippen molar-refractivity contribution in [2.45, 2.75) is 6.92 Å². The highest BCUT2D eigenvalue weighted by Gasteiger charge is 2.08. The first-order valence-electron chi connectivity index (χ1n) is 7.13. The molecule has 7 heteroatoms. The zero-order valence-electron chi connectivity index (χ0n) is 13.6. The molecule has 0 aromatic heterocycles. The summed E-state index contributed by atoms with van der Waals surface area (Å²) in [6.45, 7) is 1.81. The molecule has 0 atom stereocenters. The van der Waals surface area contributed by atoms with Gasteiger partial charge in [-0.3, -0.25) is 5.43 Å². The second-order valence-corrected chi connectivity index (χ2v) is 5.22. The average molecular weight is 347 g/mol. The first-order valence-corrected chi connectivity index (χ1v) is 7.54. The lowest BCUT2D eigenvalue weighted by molar-refractivity contribution is 0.394. The number of thiocarbonyl (C=S) groups is 1. The number of ether oxygens (including phenoxy) is 2. The van der Waals surface area contributed by atoms with Crippen molar-refractivity contribution in [3.8, 4) is 11.5 Å². The minimum Gasteiger partial charge on any atom is -0.497 e. The van der Waals surface area contributed by atoms with Crippen molar-refractivity contribution < 1.29 is 13.9 Å². The summed E-state index contributed by atoms with van der Waals surface area (Å²) in [4.78, 5) is 0. The van der Waals surface area contributed by atoms with E-state index in [1.54, 1.807) is 38.5 Å². The number of hydrogen-bond acceptors (Lipinski definition) is 4. The van der Waals surface area contributed by atoms with Gasteiger partial charge in [-0.15, -0.1) is 0 Å². The fourth-order valence-electron chi connectivity index (χ4n) is 2.01. The van der Waals surface area contributed by atoms with Crippen molar-refractivity contribution in [1.29, 1.82) is 0 Å². The van der Waals surface area contributed by atoms with Crippen molar-refractivity contribution in [3.05, 3.63) is 53.8 Å². The number of methoxy groups -OCH3 is 2. The van der Waals surface area contributed by atoms with E-state index in [0.717, 1.165) is 5.56 Å². The van der Waals surface area contributed by atoms with E-state index in [4.69, 9.17) is 21.7 Å². The van der Waals surface area contributed by atoms with E-state index in [1.165, 1.54) is 6.07 Å². The summed E-state index contributed by atoms with van der Waals surface area (Å²) in [6.07, 6.45) is 0. The molecule has 0 aliphatic heterocycles. The van der Waals surface area contributed by atoms with Crippen LogP contribution in [-0.2, 0) is 0 Å². The van der Waals surface area contributed by atoms with Crippen LogP contribution in [0.1, 0.15) is 12.5 Å². The first-order chi connectivity index (χ1) is 11.5. The fraction of sp³-hybridized carbons (Fsp3) is 0.176. The maximum absolute atomic E-state index is 13.6. The van der Waals surface area contributed by atoms with Crippen LogP contribution < -0.4 is 20.2 Å². The van der Waals surface area contributed by atoms with E-state index < -0.39 is 0 Å². The monoisotopic (exact) mass is 347 g/mol. The molecular formula is C17H18FN3O2S. The van der Waals surface area contributed by atoms with E-state index in [0.29, 0.717) is 17.2 Å². The molecule has 5 nitrogen and oxygen atoms in total. The quantitative estimate of drug-likeness (QED) is 0.492. The van der Waals surface area contributed by atoms with Crippen LogP contribution in [0, 0.1) is 5.82 Å². The summed E-state index contributed by atoms with van der Waals surface area (Å²) in [6, 6.07) is 11.7. The van der Waals surface area contributed by atoms with Crippen LogP contribution in [-0.4, -0.2) is 25.0 Å². The van der Waals surface area contributed by atoms with Crippen LogP contribution in [0.25, 0.3) is 0 Å². The predicted octanol–water partition coefficient (Wildman–Crippen LogP) is 3.55. The number of hydrazone groups is 1. The third kappa shape index (κ3) is 4.42. The summed E-state index contributed by atoms with van der Waals surface area (Å²) < 4.78 is 24.1. The number of para-hydroxylation sites is 1. The Hall–Kier alpha value is -2.67. The molecule has 0 amide bonds. The molecule has 0 aliphatic carbocycles. The number of anilines is 1. The lowest BCUT2D eigenvalue weighted by Crippen LogP contribution is -2.25. The molecule has 0 aliphatic rings. The lowest BCUT2D eigenvalue weighted by Gasteiger charge is -2.11. The minimum atomic E-state index is -0.390. The van der Waals surface area contributed by atoms with Gasteiger partial charge >= 0.3 is 0 Å². The molecule has 2 aromatic carbocycles. The van der Waals surface area contributed by atoms with Crippen molar-refractivity contribution in [1.82, 2.24) is 5.43 Å². The van der Waals surface area contributed by atoms with Gasteiger partial charge in [0.05, 0.1) is 25.6 Å². The largest absolute Gasteiger partial charge is 0.497 e. The summed E-state index contributed by atoms with van der Waals surface area (Å²) in [5, 5.41) is 7.14. The maximum Gasteiger partial charge on any atom is 0.191 e. The summed E-state index contributed by atoms with van der Waals surface area (Å²) in [7, 11) is 3.16. The van der Waals surface area contributed by atoms with Crippen molar-refractivity contribution >= 4 is 28.7 Å². The van der Waals surface area contributed by atoms with Crippen LogP contribution >= 0.6 is 12.2 Å². The van der Waals surface area contributed by atoms with Crippen LogP contribution in [0.15, 0.2) is 47.6 Å². The van der Waals surface area contributed by atoms with Gasteiger partial charge in [0.25, 0.3) is 0 Å². The summed E-state index contributed by atoms with van der Waals surface area (Å²) in [5.74, 6) is 0.928. The fourth-order valence-corrected chi connectivity index (χ4v) is 2.16. The lowest BCUT2D eigenvalue weighted by atomic mass is 10.1. The molecule has 126 valence electrons. The SMILES string of the molecule is COc1ccc(/C(C)=N\NC(=S)Nc2ccccc2F)c(OC)c1. The molecule has 2 rings (SSSR count). The van der Waals surface area contributed by atoms with E-state index in [-0.39, 0.29) is 16.6 Å². The topological polar surface area (TPSA) is 54.9 Å². The van der Waals surface area contributed by atoms with Crippen LogP contribution in [0.5, 0.6) is 11.5 Å². The first kappa shape index (κ1) is 17.7. The van der Waals surface area contributed by atoms with Gasteiger partial charge in [0.2, 0.25) is 0 Å². The van der Waals surface area contributed by atoms with Gasteiger partial charge in [0.15, 0.2) is 5.11 Å². The van der Waals surface area contributed by atoms with Crippen molar-refractivity contribution in [2.75, 3.05) is 19.5 Å². The Morgan fingerprint density at radius 3 is 2.54 bits per heavy atom. The molecule has 0 fully saturated rings. The Morgan fingerprint density at radius 1 is 1.12 bits per heavy atom. The third-order valence-electron chi connectivity index (χ3n) is 3.25. The number of hydrogen-bond donors (Lipinski definition) is 2. The van der Waals surface area contributed by atoms with E-state index in [1.807, 2.05) is 19.1 Å². The molecule has 2 aromatic rings. The Kier molecular flexibility index (Phi) is 6.08. The Labute approximate surface area is 145 Å². The Balaban J connectivity index is 2.08. The van der Waals surface area contributed by atoms with Crippen molar-refractivity contribution in [2.24, 2.45) is 5.10 Å². The predicted molar refractivity (Wildman–Crippen MR) is 97.5 cm³/mol. The molecule has 0 saturated carbocycles. The maximum atomic E-state index is 13.6. The van der Waals surface area contributed by atoms with Crippen LogP contribution in [0.3, 0.4) is 0 Å². The highest BCUT2D eigenvalue weighted by Crippen LogP contribution is 2.25.